The summed E-state index contributed by atoms with van der Waals surface area (Å²) < 4.78 is 3.50. The number of aromatic nitrogens is 4. The molecule has 0 saturated heterocycles. The molecular weight excluding hydrogens is 398 g/mol. The van der Waals surface area contributed by atoms with Gasteiger partial charge in [-0.2, -0.15) is 0 Å². The molecule has 4 aromatic rings. The topological polar surface area (TPSA) is 81.3 Å². The van der Waals surface area contributed by atoms with E-state index < -0.39 is 0 Å². The van der Waals surface area contributed by atoms with Crippen molar-refractivity contribution in [2.24, 2.45) is 0 Å². The molecule has 2 aromatic heterocycles. The number of fused-ring (bicyclic) bond motifs is 3. The Labute approximate surface area is 178 Å². The fourth-order valence-electron chi connectivity index (χ4n) is 3.29. The Morgan fingerprint density at radius 3 is 2.63 bits per heavy atom. The second kappa shape index (κ2) is 8.71. The van der Waals surface area contributed by atoms with Crippen LogP contribution in [-0.4, -0.2) is 37.4 Å². The Kier molecular flexibility index (Phi) is 5.85. The highest BCUT2D eigenvalue weighted by Crippen LogP contribution is 2.22. The van der Waals surface area contributed by atoms with Crippen LogP contribution in [0.5, 0.6) is 0 Å². The molecule has 0 aliphatic heterocycles. The van der Waals surface area contributed by atoms with Crippen molar-refractivity contribution in [2.75, 3.05) is 12.3 Å². The van der Waals surface area contributed by atoms with Crippen molar-refractivity contribution in [1.82, 2.24) is 24.5 Å². The number of amides is 1. The Morgan fingerprint density at radius 1 is 1.10 bits per heavy atom. The number of para-hydroxylation sites is 1. The molecule has 8 heteroatoms. The number of aryl methyl sites for hydroxylation is 1. The monoisotopic (exact) mass is 421 g/mol. The van der Waals surface area contributed by atoms with E-state index in [9.17, 15) is 9.59 Å². The molecule has 2 aromatic carbocycles. The molecule has 0 unspecified atom stereocenters. The number of nitrogens with one attached hydrogen (secondary N) is 1. The predicted molar refractivity (Wildman–Crippen MR) is 119 cm³/mol. The summed E-state index contributed by atoms with van der Waals surface area (Å²) in [5, 5.41) is 12.6. The van der Waals surface area contributed by atoms with Gasteiger partial charge in [0.05, 0.1) is 23.2 Å². The van der Waals surface area contributed by atoms with Crippen LogP contribution in [-0.2, 0) is 11.3 Å². The van der Waals surface area contributed by atoms with Crippen LogP contribution in [0, 0.1) is 6.92 Å². The van der Waals surface area contributed by atoms with E-state index >= 15 is 0 Å². The minimum atomic E-state index is -0.108. The van der Waals surface area contributed by atoms with E-state index in [-0.39, 0.29) is 17.2 Å². The van der Waals surface area contributed by atoms with Crippen LogP contribution in [0.1, 0.15) is 24.5 Å². The van der Waals surface area contributed by atoms with E-state index in [0.29, 0.717) is 29.4 Å². The summed E-state index contributed by atoms with van der Waals surface area (Å²) in [5.74, 6) is 0.665. The van der Waals surface area contributed by atoms with Gasteiger partial charge in [-0.25, -0.2) is 0 Å². The van der Waals surface area contributed by atoms with Crippen LogP contribution < -0.4 is 10.9 Å². The second-order valence-electron chi connectivity index (χ2n) is 7.15. The number of carbonyl (C=O) groups excluding carboxylic acids is 1. The first kappa shape index (κ1) is 20.2. The van der Waals surface area contributed by atoms with E-state index in [1.807, 2.05) is 66.8 Å². The van der Waals surface area contributed by atoms with Gasteiger partial charge in [-0.05, 0) is 31.0 Å². The van der Waals surface area contributed by atoms with E-state index in [2.05, 4.69) is 15.5 Å². The Hall–Kier alpha value is -3.13. The van der Waals surface area contributed by atoms with Crippen LogP contribution in [0.3, 0.4) is 0 Å². The summed E-state index contributed by atoms with van der Waals surface area (Å²) in [5.41, 5.74) is 2.80. The van der Waals surface area contributed by atoms with Crippen molar-refractivity contribution in [3.05, 3.63) is 70.0 Å². The summed E-state index contributed by atoms with van der Waals surface area (Å²) in [6.45, 7) is 5.09. The quantitative estimate of drug-likeness (QED) is 0.464. The van der Waals surface area contributed by atoms with Crippen LogP contribution in [0.4, 0.5) is 0 Å². The predicted octanol–water partition coefficient (Wildman–Crippen LogP) is 3.02. The molecule has 1 N–H and O–H groups in total. The van der Waals surface area contributed by atoms with E-state index in [4.69, 9.17) is 0 Å². The largest absolute Gasteiger partial charge is 0.355 e. The van der Waals surface area contributed by atoms with Gasteiger partial charge in [0.15, 0.2) is 5.16 Å². The lowest BCUT2D eigenvalue weighted by Crippen LogP contribution is -2.26. The zero-order valence-corrected chi connectivity index (χ0v) is 17.8. The maximum atomic E-state index is 13.2. The highest BCUT2D eigenvalue weighted by molar-refractivity contribution is 7.99. The third-order valence-electron chi connectivity index (χ3n) is 4.84. The molecule has 0 bridgehead atoms. The minimum absolute atomic E-state index is 0.0455. The van der Waals surface area contributed by atoms with Gasteiger partial charge in [0, 0.05) is 6.54 Å². The van der Waals surface area contributed by atoms with E-state index in [0.717, 1.165) is 23.1 Å². The standard InChI is InChI=1S/C22H23N5O2S/c1-3-12-23-19(28)14-30-22-25-24-21-26(13-16-10-8-15(2)9-11-16)20(29)17-6-4-5-7-18(17)27(21)22/h4-11H,3,12-14H2,1-2H3,(H,23,28). The van der Waals surface area contributed by atoms with Crippen molar-refractivity contribution in [1.29, 1.82) is 0 Å². The molecule has 4 rings (SSSR count). The lowest BCUT2D eigenvalue weighted by molar-refractivity contribution is -0.118. The molecule has 0 atom stereocenters. The molecule has 0 saturated carbocycles. The molecule has 1 amide bonds. The normalized spacial score (nSPS) is 11.3. The number of nitrogens with zero attached hydrogens (tertiary/aromatic N) is 4. The first-order chi connectivity index (χ1) is 14.6. The van der Waals surface area contributed by atoms with Gasteiger partial charge < -0.3 is 5.32 Å². The molecule has 0 spiro atoms. The Balaban J connectivity index is 1.79. The van der Waals surface area contributed by atoms with Gasteiger partial charge in [-0.15, -0.1) is 10.2 Å². The molecule has 154 valence electrons. The van der Waals surface area contributed by atoms with Crippen molar-refractivity contribution in [3.8, 4) is 0 Å². The number of rotatable bonds is 7. The maximum absolute atomic E-state index is 13.2. The Bertz CT molecular complexity index is 1260. The second-order valence-corrected chi connectivity index (χ2v) is 8.09. The SMILES string of the molecule is CCCNC(=O)CSc1nnc2n(Cc3ccc(C)cc3)c(=O)c3ccccc3n12. The van der Waals surface area contributed by atoms with E-state index in [1.165, 1.54) is 11.8 Å². The van der Waals surface area contributed by atoms with Crippen LogP contribution in [0.25, 0.3) is 16.7 Å². The van der Waals surface area contributed by atoms with Gasteiger partial charge in [-0.3, -0.25) is 18.6 Å². The third-order valence-corrected chi connectivity index (χ3v) is 5.77. The first-order valence-electron chi connectivity index (χ1n) is 9.90. The maximum Gasteiger partial charge on any atom is 0.263 e. The molecule has 0 aliphatic rings. The van der Waals surface area contributed by atoms with Gasteiger partial charge in [0.2, 0.25) is 11.7 Å². The molecule has 0 aliphatic carbocycles. The van der Waals surface area contributed by atoms with Crippen molar-refractivity contribution >= 4 is 34.3 Å². The van der Waals surface area contributed by atoms with Crippen LogP contribution in [0.15, 0.2) is 58.5 Å². The lowest BCUT2D eigenvalue weighted by atomic mass is 10.1. The fourth-order valence-corrected chi connectivity index (χ4v) is 4.06. The van der Waals surface area contributed by atoms with Gasteiger partial charge >= 0.3 is 0 Å². The molecule has 7 nitrogen and oxygen atoms in total. The highest BCUT2D eigenvalue weighted by atomic mass is 32.2. The minimum Gasteiger partial charge on any atom is -0.355 e. The summed E-state index contributed by atoms with van der Waals surface area (Å²) in [4.78, 5) is 25.3. The molecular formula is C22H23N5O2S. The van der Waals surface area contributed by atoms with Crippen molar-refractivity contribution in [2.45, 2.75) is 32.0 Å². The molecule has 2 heterocycles. The molecule has 0 fully saturated rings. The summed E-state index contributed by atoms with van der Waals surface area (Å²) >= 11 is 1.31. The molecule has 30 heavy (non-hydrogen) atoms. The van der Waals surface area contributed by atoms with E-state index in [1.54, 1.807) is 4.57 Å². The zero-order valence-electron chi connectivity index (χ0n) is 17.0. The number of thioether (sulfide) groups is 1. The number of hydrogen-bond donors (Lipinski definition) is 1. The van der Waals surface area contributed by atoms with Crippen molar-refractivity contribution < 1.29 is 4.79 Å². The first-order valence-corrected chi connectivity index (χ1v) is 10.9. The number of hydrogen-bond acceptors (Lipinski definition) is 5. The molecule has 0 radical (unpaired) electrons. The third kappa shape index (κ3) is 3.95. The number of benzene rings is 2. The Morgan fingerprint density at radius 2 is 1.87 bits per heavy atom. The average Bonchev–Trinajstić information content (AvgIpc) is 3.19. The zero-order chi connectivity index (χ0) is 21.1. The van der Waals surface area contributed by atoms with Gasteiger partial charge in [0.25, 0.3) is 5.56 Å². The van der Waals surface area contributed by atoms with Gasteiger partial charge in [-0.1, -0.05) is 60.6 Å². The van der Waals surface area contributed by atoms with Crippen molar-refractivity contribution in [3.63, 3.8) is 0 Å². The van der Waals surface area contributed by atoms with Gasteiger partial charge in [0.1, 0.15) is 0 Å². The van der Waals surface area contributed by atoms with Crippen LogP contribution in [0.2, 0.25) is 0 Å². The smallest absolute Gasteiger partial charge is 0.263 e. The average molecular weight is 422 g/mol. The summed E-state index contributed by atoms with van der Waals surface area (Å²) in [7, 11) is 0. The summed E-state index contributed by atoms with van der Waals surface area (Å²) in [6.07, 6.45) is 0.889. The fraction of sp³-hybridized carbons (Fsp3) is 0.273. The highest BCUT2D eigenvalue weighted by Gasteiger charge is 2.17. The lowest BCUT2D eigenvalue weighted by Gasteiger charge is -2.11. The summed E-state index contributed by atoms with van der Waals surface area (Å²) in [6, 6.07) is 15.5. The van der Waals surface area contributed by atoms with Crippen LogP contribution >= 0.6 is 11.8 Å². The number of carbonyl (C=O) groups is 1.